The predicted molar refractivity (Wildman–Crippen MR) is 98.1 cm³/mol. The Hall–Kier alpha value is -1.46. The third-order valence-corrected chi connectivity index (χ3v) is 5.79. The zero-order valence-corrected chi connectivity index (χ0v) is 15.6. The highest BCUT2D eigenvalue weighted by Gasteiger charge is 2.50. The van der Waals surface area contributed by atoms with Gasteiger partial charge in [-0.3, -0.25) is 14.7 Å². The van der Waals surface area contributed by atoms with Crippen LogP contribution in [0.2, 0.25) is 0 Å². The van der Waals surface area contributed by atoms with Gasteiger partial charge < -0.3 is 9.64 Å². The van der Waals surface area contributed by atoms with E-state index in [0.29, 0.717) is 24.9 Å². The van der Waals surface area contributed by atoms with Gasteiger partial charge in [-0.15, -0.1) is 0 Å². The first-order valence-electron chi connectivity index (χ1n) is 9.58. The van der Waals surface area contributed by atoms with Gasteiger partial charge in [-0.1, -0.05) is 13.3 Å². The van der Waals surface area contributed by atoms with Gasteiger partial charge in [0.2, 0.25) is 5.91 Å². The Labute approximate surface area is 151 Å². The lowest BCUT2D eigenvalue weighted by Crippen LogP contribution is -2.72. The van der Waals surface area contributed by atoms with Crippen LogP contribution in [-0.4, -0.2) is 59.5 Å². The molecule has 0 aliphatic carbocycles. The fourth-order valence-corrected chi connectivity index (χ4v) is 4.07. The van der Waals surface area contributed by atoms with Crippen LogP contribution in [0.15, 0.2) is 24.5 Å². The van der Waals surface area contributed by atoms with Gasteiger partial charge in [-0.25, -0.2) is 0 Å². The first-order valence-corrected chi connectivity index (χ1v) is 9.58. The molecule has 2 saturated heterocycles. The minimum atomic E-state index is 0.185. The summed E-state index contributed by atoms with van der Waals surface area (Å²) in [5.74, 6) is 0.919. The van der Waals surface area contributed by atoms with Crippen molar-refractivity contribution >= 4 is 5.91 Å². The average molecular weight is 345 g/mol. The molecule has 0 N–H and O–H groups in total. The Morgan fingerprint density at radius 2 is 2.12 bits per heavy atom. The van der Waals surface area contributed by atoms with E-state index in [1.165, 1.54) is 12.0 Å². The smallest absolute Gasteiger partial charge is 0.222 e. The second kappa shape index (κ2) is 8.28. The van der Waals surface area contributed by atoms with Crippen LogP contribution in [-0.2, 0) is 16.1 Å². The second-order valence-electron chi connectivity index (χ2n) is 7.73. The van der Waals surface area contributed by atoms with Gasteiger partial charge in [0.25, 0.3) is 0 Å². The van der Waals surface area contributed by atoms with Gasteiger partial charge in [0.1, 0.15) is 0 Å². The minimum Gasteiger partial charge on any atom is -0.376 e. The van der Waals surface area contributed by atoms with Crippen LogP contribution >= 0.6 is 0 Å². The lowest BCUT2D eigenvalue weighted by atomic mass is 9.75. The number of likely N-dealkylation sites (N-methyl/N-ethyl adjacent to an activating group) is 1. The third kappa shape index (κ3) is 4.39. The molecule has 1 aromatic rings. The fourth-order valence-electron chi connectivity index (χ4n) is 4.07. The van der Waals surface area contributed by atoms with Crippen LogP contribution < -0.4 is 0 Å². The summed E-state index contributed by atoms with van der Waals surface area (Å²) >= 11 is 0. The van der Waals surface area contributed by atoms with Gasteiger partial charge in [-0.2, -0.15) is 0 Å². The Morgan fingerprint density at radius 3 is 2.84 bits per heavy atom. The highest BCUT2D eigenvalue weighted by atomic mass is 16.5. The number of pyridine rings is 1. The molecule has 1 atom stereocenters. The van der Waals surface area contributed by atoms with E-state index in [1.54, 1.807) is 0 Å². The van der Waals surface area contributed by atoms with Crippen LogP contribution in [0.5, 0.6) is 0 Å². The molecule has 2 aliphatic rings. The number of nitrogens with zero attached hydrogens (tertiary/aromatic N) is 3. The topological polar surface area (TPSA) is 45.7 Å². The minimum absolute atomic E-state index is 0.185. The molecule has 25 heavy (non-hydrogen) atoms. The highest BCUT2D eigenvalue weighted by molar-refractivity contribution is 5.77. The van der Waals surface area contributed by atoms with Crippen LogP contribution in [0, 0.1) is 5.92 Å². The van der Waals surface area contributed by atoms with Crippen LogP contribution in [0.1, 0.15) is 44.6 Å². The molecule has 0 aromatic carbocycles. The number of hydrogen-bond donors (Lipinski definition) is 0. The molecule has 1 unspecified atom stereocenters. The van der Waals surface area contributed by atoms with E-state index in [0.717, 1.165) is 45.5 Å². The number of hydrogen-bond acceptors (Lipinski definition) is 4. The maximum absolute atomic E-state index is 12.2. The van der Waals surface area contributed by atoms with Gasteiger partial charge in [0.15, 0.2) is 0 Å². The van der Waals surface area contributed by atoms with Gasteiger partial charge in [-0.05, 0) is 56.5 Å². The summed E-state index contributed by atoms with van der Waals surface area (Å²) in [5.41, 5.74) is 1.36. The number of piperidine rings is 1. The van der Waals surface area contributed by atoms with Crippen molar-refractivity contribution in [2.75, 3.05) is 33.3 Å². The molecule has 0 saturated carbocycles. The van der Waals surface area contributed by atoms with Crippen molar-refractivity contribution in [3.05, 3.63) is 30.1 Å². The summed E-state index contributed by atoms with van der Waals surface area (Å²) in [7, 11) is 2.21. The summed E-state index contributed by atoms with van der Waals surface area (Å²) in [6.45, 7) is 6.49. The summed E-state index contributed by atoms with van der Waals surface area (Å²) in [6, 6.07) is 4.00. The molecule has 1 amide bonds. The number of rotatable bonds is 7. The molecule has 3 rings (SSSR count). The first-order chi connectivity index (χ1) is 12.1. The largest absolute Gasteiger partial charge is 0.376 e. The van der Waals surface area contributed by atoms with Gasteiger partial charge in [0, 0.05) is 38.5 Å². The van der Waals surface area contributed by atoms with E-state index in [1.807, 2.05) is 29.4 Å². The zero-order valence-electron chi connectivity index (χ0n) is 15.6. The monoisotopic (exact) mass is 345 g/mol. The van der Waals surface area contributed by atoms with Gasteiger partial charge >= 0.3 is 0 Å². The molecule has 5 heteroatoms. The molecular weight excluding hydrogens is 314 g/mol. The van der Waals surface area contributed by atoms with Crippen LogP contribution in [0.4, 0.5) is 0 Å². The standard InChI is InChI=1S/C20H31N3O2/c1-3-4-5-19(24)23-15-20(16-23)12-18(8-11-22(20)2)14-25-13-17-6-9-21-10-7-17/h6-7,9-10,18H,3-5,8,11-16H2,1-2H3. The van der Waals surface area contributed by atoms with Crippen molar-refractivity contribution in [3.8, 4) is 0 Å². The van der Waals surface area contributed by atoms with Crippen molar-refractivity contribution < 1.29 is 9.53 Å². The van der Waals surface area contributed by atoms with E-state index in [2.05, 4.69) is 23.9 Å². The predicted octanol–water partition coefficient (Wildman–Crippen LogP) is 2.71. The molecule has 0 bridgehead atoms. The second-order valence-corrected chi connectivity index (χ2v) is 7.73. The number of likely N-dealkylation sites (tertiary alicyclic amines) is 2. The molecule has 1 spiro atoms. The molecule has 2 aliphatic heterocycles. The van der Waals surface area contributed by atoms with Crippen molar-refractivity contribution in [1.82, 2.24) is 14.8 Å². The molecule has 3 heterocycles. The quantitative estimate of drug-likeness (QED) is 0.762. The van der Waals surface area contributed by atoms with E-state index in [9.17, 15) is 4.79 Å². The average Bonchev–Trinajstić information content (AvgIpc) is 2.60. The Bertz CT molecular complexity index is 557. The molecule has 1 aromatic heterocycles. The zero-order chi connectivity index (χ0) is 17.7. The number of aromatic nitrogens is 1. The number of carbonyl (C=O) groups excluding carboxylic acids is 1. The SMILES string of the molecule is CCCCC(=O)N1CC2(CC(COCc3ccncc3)CCN2C)C1. The van der Waals surface area contributed by atoms with Crippen molar-refractivity contribution in [3.63, 3.8) is 0 Å². The summed E-state index contributed by atoms with van der Waals surface area (Å²) < 4.78 is 5.96. The molecule has 138 valence electrons. The van der Waals surface area contributed by atoms with Crippen molar-refractivity contribution in [2.24, 2.45) is 5.92 Å². The fraction of sp³-hybridized carbons (Fsp3) is 0.700. The van der Waals surface area contributed by atoms with Crippen molar-refractivity contribution in [2.45, 2.75) is 51.2 Å². The third-order valence-electron chi connectivity index (χ3n) is 5.79. The lowest BCUT2D eigenvalue weighted by molar-refractivity contribution is -0.151. The number of unbranched alkanes of at least 4 members (excludes halogenated alkanes) is 1. The lowest BCUT2D eigenvalue weighted by Gasteiger charge is -2.58. The Balaban J connectivity index is 1.45. The summed E-state index contributed by atoms with van der Waals surface area (Å²) in [5, 5.41) is 0. The Morgan fingerprint density at radius 1 is 1.36 bits per heavy atom. The van der Waals surface area contributed by atoms with Crippen LogP contribution in [0.3, 0.4) is 0 Å². The number of carbonyl (C=O) groups is 1. The van der Waals surface area contributed by atoms with Crippen molar-refractivity contribution in [1.29, 1.82) is 0 Å². The van der Waals surface area contributed by atoms with E-state index >= 15 is 0 Å². The first kappa shape index (κ1) is 18.3. The summed E-state index contributed by atoms with van der Waals surface area (Å²) in [4.78, 5) is 20.8. The van der Waals surface area contributed by atoms with E-state index in [-0.39, 0.29) is 5.54 Å². The van der Waals surface area contributed by atoms with E-state index < -0.39 is 0 Å². The maximum Gasteiger partial charge on any atom is 0.222 e. The number of amides is 1. The molecular formula is C20H31N3O2. The normalized spacial score (nSPS) is 22.8. The number of ether oxygens (including phenoxy) is 1. The Kier molecular flexibility index (Phi) is 6.07. The van der Waals surface area contributed by atoms with Crippen LogP contribution in [0.25, 0.3) is 0 Å². The molecule has 5 nitrogen and oxygen atoms in total. The molecule has 0 radical (unpaired) electrons. The molecule has 2 fully saturated rings. The van der Waals surface area contributed by atoms with E-state index in [4.69, 9.17) is 4.74 Å². The maximum atomic E-state index is 12.2. The highest BCUT2D eigenvalue weighted by Crippen LogP contribution is 2.38. The van der Waals surface area contributed by atoms with Gasteiger partial charge in [0.05, 0.1) is 12.1 Å². The summed E-state index contributed by atoms with van der Waals surface area (Å²) in [6.07, 6.45) is 8.72.